The van der Waals surface area contributed by atoms with Crippen molar-refractivity contribution in [2.45, 2.75) is 0 Å². The summed E-state index contributed by atoms with van der Waals surface area (Å²) in [4.78, 5) is 18.2. The van der Waals surface area contributed by atoms with Gasteiger partial charge in [0, 0.05) is 0 Å². The SMILES string of the molecule is O=C(O)C(=O)O.[Cl][Al]([Cl])[Cl]. The number of halogens is 3. The van der Waals surface area contributed by atoms with Crippen LogP contribution in [0.1, 0.15) is 0 Å². The maximum Gasteiger partial charge on any atom is 0.643 e. The topological polar surface area (TPSA) is 74.6 Å². The number of hydrogen-bond donors (Lipinski definition) is 2. The average molecular weight is 223 g/mol. The highest BCUT2D eigenvalue weighted by Crippen LogP contribution is 1.97. The molecule has 0 aliphatic carbocycles. The van der Waals surface area contributed by atoms with Crippen molar-refractivity contribution in [2.24, 2.45) is 0 Å². The molecule has 4 nitrogen and oxygen atoms in total. The van der Waals surface area contributed by atoms with Gasteiger partial charge in [0.15, 0.2) is 0 Å². The molecule has 0 spiro atoms. The Morgan fingerprint density at radius 3 is 1.10 bits per heavy atom. The lowest BCUT2D eigenvalue weighted by atomic mass is 10.7. The zero-order valence-corrected chi connectivity index (χ0v) is 7.84. The molecule has 0 radical (unpaired) electrons. The van der Waals surface area contributed by atoms with E-state index < -0.39 is 23.3 Å². The van der Waals surface area contributed by atoms with Gasteiger partial charge in [-0.15, -0.1) is 0 Å². The summed E-state index contributed by atoms with van der Waals surface area (Å²) >= 11 is -1.72. The fourth-order valence-corrected chi connectivity index (χ4v) is 0. The fourth-order valence-electron chi connectivity index (χ4n) is 0. The average Bonchev–Trinajstić information content (AvgIpc) is 1.63. The molecule has 0 aliphatic rings. The molecule has 0 saturated heterocycles. The maximum absolute atomic E-state index is 9.10. The van der Waals surface area contributed by atoms with Crippen molar-refractivity contribution < 1.29 is 19.8 Å². The Morgan fingerprint density at radius 1 is 1.00 bits per heavy atom. The number of rotatable bonds is 0. The number of carbonyl (C=O) groups is 2. The molecule has 58 valence electrons. The van der Waals surface area contributed by atoms with Gasteiger partial charge in [0.1, 0.15) is 0 Å². The molecule has 0 saturated carbocycles. The second kappa shape index (κ2) is 7.45. The van der Waals surface area contributed by atoms with Crippen molar-refractivity contribution in [3.8, 4) is 0 Å². The van der Waals surface area contributed by atoms with Crippen molar-refractivity contribution in [2.75, 3.05) is 0 Å². The van der Waals surface area contributed by atoms with Crippen LogP contribution in [0.15, 0.2) is 0 Å². The normalized spacial score (nSPS) is 7.10. The van der Waals surface area contributed by atoms with Gasteiger partial charge in [-0.3, -0.25) is 0 Å². The summed E-state index contributed by atoms with van der Waals surface area (Å²) in [5.74, 6) is -3.65. The first-order valence-electron chi connectivity index (χ1n) is 1.76. The van der Waals surface area contributed by atoms with E-state index in [0.717, 1.165) is 0 Å². The van der Waals surface area contributed by atoms with Crippen molar-refractivity contribution >= 4 is 53.5 Å². The van der Waals surface area contributed by atoms with E-state index in [-0.39, 0.29) is 0 Å². The molecule has 0 rings (SSSR count). The summed E-state index contributed by atoms with van der Waals surface area (Å²) < 4.78 is 0. The Hall–Kier alpha value is 0.342. The third-order valence-electron chi connectivity index (χ3n) is 0.183. The van der Waals surface area contributed by atoms with Gasteiger partial charge in [0.2, 0.25) is 0 Å². The first-order chi connectivity index (χ1) is 4.37. The Balaban J connectivity index is 0. The second-order valence-electron chi connectivity index (χ2n) is 0.858. The standard InChI is InChI=1S/C2H2O4.Al.3ClH/c3-1(4)2(5)6;;;;/h(H,3,4)(H,5,6);;3*1H/q;+3;;;/p-3. The molecule has 0 aromatic rings. The van der Waals surface area contributed by atoms with Crippen LogP contribution in [0.25, 0.3) is 0 Å². The van der Waals surface area contributed by atoms with Crippen LogP contribution in [-0.4, -0.2) is 33.5 Å². The van der Waals surface area contributed by atoms with Crippen LogP contribution in [0, 0.1) is 0 Å². The van der Waals surface area contributed by atoms with Gasteiger partial charge in [0.05, 0.1) is 0 Å². The van der Waals surface area contributed by atoms with E-state index in [1.54, 1.807) is 0 Å². The van der Waals surface area contributed by atoms with Crippen molar-refractivity contribution in [3.05, 3.63) is 0 Å². The quantitative estimate of drug-likeness (QED) is 0.471. The van der Waals surface area contributed by atoms with E-state index in [1.807, 2.05) is 0 Å². The van der Waals surface area contributed by atoms with Gasteiger partial charge in [0.25, 0.3) is 0 Å². The lowest BCUT2D eigenvalue weighted by Crippen LogP contribution is -2.09. The molecule has 0 fully saturated rings. The van der Waals surface area contributed by atoms with E-state index in [2.05, 4.69) is 0 Å². The van der Waals surface area contributed by atoms with Crippen molar-refractivity contribution in [1.82, 2.24) is 0 Å². The summed E-state index contributed by atoms with van der Waals surface area (Å²) in [6, 6.07) is 0. The number of aliphatic carboxylic acids is 2. The van der Waals surface area contributed by atoms with Gasteiger partial charge in [-0.2, -0.15) is 0 Å². The lowest BCUT2D eigenvalue weighted by Gasteiger charge is -1.72. The van der Waals surface area contributed by atoms with Crippen molar-refractivity contribution in [3.63, 3.8) is 0 Å². The highest BCUT2D eigenvalue weighted by Gasteiger charge is 2.04. The number of carboxylic acid groups (broad SMARTS) is 2. The van der Waals surface area contributed by atoms with Crippen LogP contribution in [0.2, 0.25) is 0 Å². The minimum Gasteiger partial charge on any atom is -0.473 e. The third-order valence-corrected chi connectivity index (χ3v) is 0.183. The maximum atomic E-state index is 9.10. The fraction of sp³-hybridized carbons (Fsp3) is 0. The van der Waals surface area contributed by atoms with Crippen LogP contribution in [0.3, 0.4) is 0 Å². The first kappa shape index (κ1) is 13.0. The van der Waals surface area contributed by atoms with Gasteiger partial charge in [-0.1, -0.05) is 0 Å². The zero-order chi connectivity index (χ0) is 8.73. The molecule has 0 heterocycles. The molecule has 0 bridgehead atoms. The monoisotopic (exact) mass is 222 g/mol. The molecule has 8 heteroatoms. The molecule has 10 heavy (non-hydrogen) atoms. The summed E-state index contributed by atoms with van der Waals surface area (Å²) in [7, 11) is 14.8. The summed E-state index contributed by atoms with van der Waals surface area (Å²) in [6.07, 6.45) is 0. The molecule has 0 atom stereocenters. The smallest absolute Gasteiger partial charge is 0.473 e. The largest absolute Gasteiger partial charge is 0.643 e. The molecule has 0 aromatic heterocycles. The van der Waals surface area contributed by atoms with Gasteiger partial charge in [-0.25, -0.2) is 39.7 Å². The van der Waals surface area contributed by atoms with E-state index >= 15 is 0 Å². The summed E-state index contributed by atoms with van der Waals surface area (Å²) in [5, 5.41) is 14.8. The Bertz CT molecular complexity index is 111. The van der Waals surface area contributed by atoms with Crippen LogP contribution in [-0.2, 0) is 9.59 Å². The van der Waals surface area contributed by atoms with E-state index in [4.69, 9.17) is 49.9 Å². The second-order valence-corrected chi connectivity index (χ2v) is 7.29. The Kier molecular flexibility index (Phi) is 9.66. The minimum absolute atomic E-state index is 1.72. The van der Waals surface area contributed by atoms with E-state index in [0.29, 0.717) is 0 Å². The van der Waals surface area contributed by atoms with Crippen LogP contribution < -0.4 is 0 Å². The molecule has 2 N–H and O–H groups in total. The summed E-state index contributed by atoms with van der Waals surface area (Å²) in [6.45, 7) is 0. The molecular weight excluding hydrogens is 221 g/mol. The van der Waals surface area contributed by atoms with Crippen molar-refractivity contribution in [1.29, 1.82) is 0 Å². The molecular formula is C2H2AlCl3O4. The number of hydrogen-bond acceptors (Lipinski definition) is 2. The highest BCUT2D eigenvalue weighted by atomic mass is 35.8. The molecule has 0 aliphatic heterocycles. The first-order valence-corrected chi connectivity index (χ1v) is 7.00. The highest BCUT2D eigenvalue weighted by molar-refractivity contribution is 7.54. The minimum atomic E-state index is -1.82. The Labute approximate surface area is 73.3 Å². The van der Waals surface area contributed by atoms with Crippen LogP contribution >= 0.6 is 30.1 Å². The predicted octanol–water partition coefficient (Wildman–Crippen LogP) is 0.843. The summed E-state index contributed by atoms with van der Waals surface area (Å²) in [5.41, 5.74) is 0. The predicted molar refractivity (Wildman–Crippen MR) is 38.6 cm³/mol. The Morgan fingerprint density at radius 2 is 1.10 bits per heavy atom. The van der Waals surface area contributed by atoms with Crippen LogP contribution in [0.4, 0.5) is 0 Å². The number of carboxylic acids is 2. The van der Waals surface area contributed by atoms with E-state index in [1.165, 1.54) is 0 Å². The van der Waals surface area contributed by atoms with E-state index in [9.17, 15) is 0 Å². The zero-order valence-electron chi connectivity index (χ0n) is 4.42. The van der Waals surface area contributed by atoms with Gasteiger partial charge in [-0.05, 0) is 0 Å². The molecule has 0 unspecified atom stereocenters. The van der Waals surface area contributed by atoms with Crippen LogP contribution in [0.5, 0.6) is 0 Å². The molecule has 0 aromatic carbocycles. The van der Waals surface area contributed by atoms with Gasteiger partial charge >= 0.3 is 23.3 Å². The lowest BCUT2D eigenvalue weighted by molar-refractivity contribution is -0.159. The van der Waals surface area contributed by atoms with Gasteiger partial charge < -0.3 is 10.2 Å². The molecule has 0 amide bonds. The third kappa shape index (κ3) is 23.9.